The molecule has 1 aromatic rings. The van der Waals surface area contributed by atoms with Gasteiger partial charge in [0.15, 0.2) is 0 Å². The Morgan fingerprint density at radius 3 is 2.41 bits per heavy atom. The van der Waals surface area contributed by atoms with Gasteiger partial charge in [0, 0.05) is 24.8 Å². The van der Waals surface area contributed by atoms with Crippen molar-refractivity contribution >= 4 is 5.78 Å². The molecule has 1 aromatic carbocycles. The monoisotopic (exact) mass is 243 g/mol. The van der Waals surface area contributed by atoms with E-state index in [1.54, 1.807) is 6.07 Å². The summed E-state index contributed by atoms with van der Waals surface area (Å²) in [7, 11) is 0. The molecule has 0 bridgehead atoms. The Hall–Kier alpha value is -1.36. The summed E-state index contributed by atoms with van der Waals surface area (Å²) < 4.78 is 37.7. The molecule has 0 spiro atoms. The van der Waals surface area contributed by atoms with Crippen molar-refractivity contribution < 1.29 is 18.0 Å². The highest BCUT2D eigenvalue weighted by Gasteiger charge is 2.44. The van der Waals surface area contributed by atoms with Gasteiger partial charge in [0.25, 0.3) is 0 Å². The Morgan fingerprint density at radius 1 is 1.29 bits per heavy atom. The van der Waals surface area contributed by atoms with Crippen LogP contribution in [0.1, 0.15) is 24.0 Å². The molecular weight excluding hydrogens is 231 g/mol. The van der Waals surface area contributed by atoms with E-state index in [0.29, 0.717) is 5.56 Å². The van der Waals surface area contributed by atoms with E-state index in [-0.39, 0.29) is 25.2 Å². The van der Waals surface area contributed by atoms with Gasteiger partial charge >= 0.3 is 6.18 Å². The van der Waals surface area contributed by atoms with Gasteiger partial charge in [-0.3, -0.25) is 4.79 Å². The fourth-order valence-corrected chi connectivity index (χ4v) is 2.19. The summed E-state index contributed by atoms with van der Waals surface area (Å²) in [5, 5.41) is 0. The molecule has 2 N–H and O–H groups in total. The lowest BCUT2D eigenvalue weighted by Crippen LogP contribution is -2.47. The zero-order chi connectivity index (χ0) is 12.7. The number of benzene rings is 1. The van der Waals surface area contributed by atoms with Gasteiger partial charge in [-0.25, -0.2) is 0 Å². The smallest absolute Gasteiger partial charge is 0.330 e. The van der Waals surface area contributed by atoms with Gasteiger partial charge in [-0.15, -0.1) is 0 Å². The number of nitrogens with two attached hydrogens (primary N) is 1. The third-order valence-electron chi connectivity index (χ3n) is 3.26. The average Bonchev–Trinajstić information content (AvgIpc) is 2.23. The van der Waals surface area contributed by atoms with E-state index in [1.807, 2.05) is 0 Å². The maximum absolute atomic E-state index is 12.6. The van der Waals surface area contributed by atoms with Gasteiger partial charge in [0.05, 0.1) is 5.56 Å². The maximum Gasteiger partial charge on any atom is 0.416 e. The Bertz CT molecular complexity index is 445. The molecule has 0 unspecified atom stereocenters. The number of hydrogen-bond donors (Lipinski definition) is 1. The number of halogens is 3. The van der Waals surface area contributed by atoms with E-state index >= 15 is 0 Å². The van der Waals surface area contributed by atoms with E-state index in [9.17, 15) is 18.0 Å². The van der Waals surface area contributed by atoms with Crippen LogP contribution in [0, 0.1) is 0 Å². The number of hydrogen-bond acceptors (Lipinski definition) is 2. The van der Waals surface area contributed by atoms with Crippen LogP contribution in [-0.2, 0) is 16.4 Å². The highest BCUT2D eigenvalue weighted by molar-refractivity contribution is 5.88. The molecule has 0 aromatic heterocycles. The molecule has 1 aliphatic carbocycles. The predicted octanol–water partition coefficient (Wildman–Crippen LogP) is 2.26. The zero-order valence-corrected chi connectivity index (χ0v) is 9.05. The Labute approximate surface area is 96.6 Å². The molecule has 2 rings (SSSR count). The maximum atomic E-state index is 12.6. The van der Waals surface area contributed by atoms with Crippen LogP contribution in [0.2, 0.25) is 0 Å². The van der Waals surface area contributed by atoms with E-state index < -0.39 is 17.2 Å². The molecule has 1 fully saturated rings. The van der Waals surface area contributed by atoms with E-state index in [4.69, 9.17) is 5.73 Å². The normalized spacial score (nSPS) is 18.9. The Morgan fingerprint density at radius 2 is 1.94 bits per heavy atom. The van der Waals surface area contributed by atoms with Crippen LogP contribution in [0.3, 0.4) is 0 Å². The quantitative estimate of drug-likeness (QED) is 0.865. The van der Waals surface area contributed by atoms with E-state index in [2.05, 4.69) is 0 Å². The molecule has 17 heavy (non-hydrogen) atoms. The van der Waals surface area contributed by atoms with Gasteiger partial charge < -0.3 is 5.73 Å². The van der Waals surface area contributed by atoms with E-state index in [0.717, 1.165) is 12.1 Å². The second-order valence-corrected chi connectivity index (χ2v) is 4.46. The first-order valence-corrected chi connectivity index (χ1v) is 5.27. The molecule has 0 amide bonds. The average molecular weight is 243 g/mol. The second-order valence-electron chi connectivity index (χ2n) is 4.46. The number of alkyl halides is 3. The van der Waals surface area contributed by atoms with Crippen LogP contribution in [0.15, 0.2) is 24.3 Å². The molecule has 0 heterocycles. The van der Waals surface area contributed by atoms with Crippen molar-refractivity contribution in [3.05, 3.63) is 35.4 Å². The summed E-state index contributed by atoms with van der Waals surface area (Å²) >= 11 is 0. The molecule has 0 saturated heterocycles. The zero-order valence-electron chi connectivity index (χ0n) is 9.05. The highest BCUT2D eigenvalue weighted by atomic mass is 19.4. The van der Waals surface area contributed by atoms with Gasteiger partial charge in [-0.05, 0) is 11.6 Å². The van der Waals surface area contributed by atoms with E-state index in [1.165, 1.54) is 6.07 Å². The largest absolute Gasteiger partial charge is 0.416 e. The molecule has 92 valence electrons. The fourth-order valence-electron chi connectivity index (χ4n) is 2.19. The van der Waals surface area contributed by atoms with Crippen molar-refractivity contribution in [2.45, 2.75) is 24.4 Å². The minimum absolute atomic E-state index is 0.0489. The molecule has 2 nitrogen and oxygen atoms in total. The van der Waals surface area contributed by atoms with Crippen molar-refractivity contribution in [1.29, 1.82) is 0 Å². The molecule has 1 aliphatic rings. The van der Waals surface area contributed by atoms with Crippen molar-refractivity contribution in [1.82, 2.24) is 0 Å². The predicted molar refractivity (Wildman–Crippen MR) is 56.4 cm³/mol. The first-order valence-electron chi connectivity index (χ1n) is 5.27. The SMILES string of the molecule is NCC1(c2cccc(C(F)(F)F)c2)CC(=O)C1. The van der Waals surface area contributed by atoms with Crippen LogP contribution in [0.25, 0.3) is 0 Å². The minimum Gasteiger partial charge on any atom is -0.330 e. The Balaban J connectivity index is 2.37. The van der Waals surface area contributed by atoms with Crippen LogP contribution < -0.4 is 5.73 Å². The second kappa shape index (κ2) is 3.84. The number of Topliss-reactive ketones (excluding diaryl/α,β-unsaturated/α-hetero) is 1. The van der Waals surface area contributed by atoms with Crippen LogP contribution in [-0.4, -0.2) is 12.3 Å². The topological polar surface area (TPSA) is 43.1 Å². The lowest BCUT2D eigenvalue weighted by Gasteiger charge is -2.40. The number of rotatable bonds is 2. The molecule has 0 aliphatic heterocycles. The van der Waals surface area contributed by atoms with Gasteiger partial charge in [0.2, 0.25) is 0 Å². The number of carbonyl (C=O) groups excluding carboxylic acids is 1. The van der Waals surface area contributed by atoms with Crippen molar-refractivity contribution in [2.75, 3.05) is 6.54 Å². The summed E-state index contributed by atoms with van der Waals surface area (Å²) in [6.07, 6.45) is -3.88. The number of carbonyl (C=O) groups is 1. The summed E-state index contributed by atoms with van der Waals surface area (Å²) in [5.74, 6) is 0.0489. The van der Waals surface area contributed by atoms with Crippen LogP contribution >= 0.6 is 0 Å². The molecular formula is C12H12F3NO. The first kappa shape index (κ1) is 12.1. The molecule has 1 saturated carbocycles. The van der Waals surface area contributed by atoms with Crippen molar-refractivity contribution in [3.8, 4) is 0 Å². The van der Waals surface area contributed by atoms with Gasteiger partial charge in [-0.1, -0.05) is 18.2 Å². The molecule has 0 atom stereocenters. The molecule has 5 heteroatoms. The lowest BCUT2D eigenvalue weighted by atomic mass is 9.63. The Kier molecular flexibility index (Phi) is 2.73. The van der Waals surface area contributed by atoms with Crippen molar-refractivity contribution in [2.24, 2.45) is 5.73 Å². The first-order chi connectivity index (χ1) is 7.87. The third-order valence-corrected chi connectivity index (χ3v) is 3.26. The van der Waals surface area contributed by atoms with Gasteiger partial charge in [0.1, 0.15) is 5.78 Å². The summed E-state index contributed by atoms with van der Waals surface area (Å²) in [6.45, 7) is 0.194. The van der Waals surface area contributed by atoms with Crippen molar-refractivity contribution in [3.63, 3.8) is 0 Å². The number of ketones is 1. The summed E-state index contributed by atoms with van der Waals surface area (Å²) in [6, 6.07) is 5.08. The van der Waals surface area contributed by atoms with Crippen LogP contribution in [0.5, 0.6) is 0 Å². The standard InChI is InChI=1S/C12H12F3NO/c13-12(14,15)9-3-1-2-8(4-9)11(7-16)5-10(17)6-11/h1-4H,5-7,16H2. The summed E-state index contributed by atoms with van der Waals surface area (Å²) in [5.41, 5.74) is 4.82. The fraction of sp³-hybridized carbons (Fsp3) is 0.417. The van der Waals surface area contributed by atoms with Crippen LogP contribution in [0.4, 0.5) is 13.2 Å². The minimum atomic E-state index is -4.36. The molecule has 0 radical (unpaired) electrons. The highest BCUT2D eigenvalue weighted by Crippen LogP contribution is 2.42. The third kappa shape index (κ3) is 2.07. The lowest BCUT2D eigenvalue weighted by molar-refractivity contribution is -0.137. The van der Waals surface area contributed by atoms with Gasteiger partial charge in [-0.2, -0.15) is 13.2 Å². The summed E-state index contributed by atoms with van der Waals surface area (Å²) in [4.78, 5) is 11.1.